The second kappa shape index (κ2) is 6.12. The Hall–Kier alpha value is -1.46. The summed E-state index contributed by atoms with van der Waals surface area (Å²) in [5.74, 6) is 0.521. The van der Waals surface area contributed by atoms with Crippen LogP contribution in [0.25, 0.3) is 0 Å². The molecule has 0 spiro atoms. The second-order valence-corrected chi connectivity index (χ2v) is 4.85. The van der Waals surface area contributed by atoms with Gasteiger partial charge in [-0.05, 0) is 52.2 Å². The molecule has 0 aliphatic carbocycles. The molecule has 100 valence electrons. The molecule has 1 aromatic heterocycles. The summed E-state index contributed by atoms with van der Waals surface area (Å²) < 4.78 is 19.1. The molecule has 0 saturated heterocycles. The average molecular weight is 326 g/mol. The third-order valence-corrected chi connectivity index (χ3v) is 3.19. The Labute approximate surface area is 119 Å². The lowest BCUT2D eigenvalue weighted by Gasteiger charge is -2.09. The van der Waals surface area contributed by atoms with Gasteiger partial charge in [0.1, 0.15) is 11.6 Å². The quantitative estimate of drug-likeness (QED) is 0.928. The second-order valence-electron chi connectivity index (χ2n) is 3.99. The average Bonchev–Trinajstić information content (AvgIpc) is 2.41. The highest BCUT2D eigenvalue weighted by Gasteiger charge is 2.07. The van der Waals surface area contributed by atoms with Crippen LogP contribution in [0.5, 0.6) is 11.6 Å². The minimum atomic E-state index is -0.342. The fourth-order valence-corrected chi connectivity index (χ4v) is 2.05. The zero-order valence-electron chi connectivity index (χ0n) is 10.4. The minimum Gasteiger partial charge on any atom is -0.438 e. The van der Waals surface area contributed by atoms with Gasteiger partial charge in [0, 0.05) is 11.8 Å². The lowest BCUT2D eigenvalue weighted by molar-refractivity contribution is 0.281. The molecule has 2 rings (SSSR count). The first kappa shape index (κ1) is 14.0. The highest BCUT2D eigenvalue weighted by Crippen LogP contribution is 2.29. The van der Waals surface area contributed by atoms with Crippen molar-refractivity contribution in [3.63, 3.8) is 0 Å². The van der Waals surface area contributed by atoms with E-state index in [-0.39, 0.29) is 12.4 Å². The van der Waals surface area contributed by atoms with E-state index in [2.05, 4.69) is 20.9 Å². The first-order valence-corrected chi connectivity index (χ1v) is 6.65. The van der Waals surface area contributed by atoms with Crippen LogP contribution in [0, 0.1) is 5.82 Å². The van der Waals surface area contributed by atoms with Crippen LogP contribution in [0.15, 0.2) is 34.8 Å². The van der Waals surface area contributed by atoms with Crippen molar-refractivity contribution in [2.24, 2.45) is 0 Å². The minimum absolute atomic E-state index is 0.0729. The molecular formula is C14H13BrFNO2. The van der Waals surface area contributed by atoms with E-state index in [0.717, 1.165) is 17.7 Å². The normalized spacial score (nSPS) is 10.5. The first-order valence-electron chi connectivity index (χ1n) is 5.86. The summed E-state index contributed by atoms with van der Waals surface area (Å²) in [6.07, 6.45) is 0.745. The number of aryl methyl sites for hydroxylation is 1. The monoisotopic (exact) mass is 325 g/mol. The Morgan fingerprint density at radius 3 is 2.74 bits per heavy atom. The van der Waals surface area contributed by atoms with Crippen LogP contribution in [-0.4, -0.2) is 10.1 Å². The Kier molecular flexibility index (Phi) is 4.50. The number of rotatable bonds is 4. The van der Waals surface area contributed by atoms with Crippen LogP contribution in [0.3, 0.4) is 0 Å². The van der Waals surface area contributed by atoms with Gasteiger partial charge >= 0.3 is 0 Å². The van der Waals surface area contributed by atoms with Crippen molar-refractivity contribution in [3.8, 4) is 11.6 Å². The number of aliphatic hydroxyl groups excluding tert-OH is 1. The summed E-state index contributed by atoms with van der Waals surface area (Å²) in [7, 11) is 0. The summed E-state index contributed by atoms with van der Waals surface area (Å²) >= 11 is 3.23. The number of benzene rings is 1. The zero-order chi connectivity index (χ0) is 13.8. The number of ether oxygens (including phenoxy) is 1. The molecule has 5 heteroatoms. The Morgan fingerprint density at radius 1 is 1.32 bits per heavy atom. The van der Waals surface area contributed by atoms with Crippen molar-refractivity contribution in [1.29, 1.82) is 0 Å². The number of hydrogen-bond donors (Lipinski definition) is 1. The molecule has 0 atom stereocenters. The highest BCUT2D eigenvalue weighted by atomic mass is 79.9. The van der Waals surface area contributed by atoms with E-state index in [1.807, 2.05) is 13.0 Å². The molecule has 1 aromatic carbocycles. The summed E-state index contributed by atoms with van der Waals surface area (Å²) in [4.78, 5) is 4.31. The van der Waals surface area contributed by atoms with Crippen LogP contribution in [0.1, 0.15) is 18.2 Å². The van der Waals surface area contributed by atoms with Crippen molar-refractivity contribution in [2.75, 3.05) is 0 Å². The van der Waals surface area contributed by atoms with E-state index in [1.165, 1.54) is 18.2 Å². The lowest BCUT2D eigenvalue weighted by atomic mass is 10.2. The predicted octanol–water partition coefficient (Wildman–Crippen LogP) is 3.83. The van der Waals surface area contributed by atoms with Crippen molar-refractivity contribution in [2.45, 2.75) is 20.0 Å². The van der Waals surface area contributed by atoms with Gasteiger partial charge in [0.2, 0.25) is 5.88 Å². The third-order valence-electron chi connectivity index (χ3n) is 2.57. The number of aromatic nitrogens is 1. The number of halogens is 2. The van der Waals surface area contributed by atoms with Gasteiger partial charge in [-0.2, -0.15) is 0 Å². The van der Waals surface area contributed by atoms with E-state index in [9.17, 15) is 9.50 Å². The SMILES string of the molecule is CCc1cc(CO)cc(Oc2ccc(F)cc2Br)n1. The van der Waals surface area contributed by atoms with Gasteiger partial charge in [-0.25, -0.2) is 9.37 Å². The molecule has 19 heavy (non-hydrogen) atoms. The van der Waals surface area contributed by atoms with Gasteiger partial charge in [0.15, 0.2) is 0 Å². The van der Waals surface area contributed by atoms with E-state index in [1.54, 1.807) is 6.07 Å². The topological polar surface area (TPSA) is 42.4 Å². The van der Waals surface area contributed by atoms with Gasteiger partial charge in [0.05, 0.1) is 11.1 Å². The molecular weight excluding hydrogens is 313 g/mol. The van der Waals surface area contributed by atoms with Crippen molar-refractivity contribution in [3.05, 3.63) is 51.9 Å². The molecule has 0 fully saturated rings. The molecule has 0 bridgehead atoms. The zero-order valence-corrected chi connectivity index (χ0v) is 11.9. The van der Waals surface area contributed by atoms with Gasteiger partial charge in [-0.15, -0.1) is 0 Å². The largest absolute Gasteiger partial charge is 0.438 e. The molecule has 0 aliphatic rings. The molecule has 2 aromatic rings. The molecule has 1 N–H and O–H groups in total. The maximum Gasteiger partial charge on any atom is 0.219 e. The Morgan fingerprint density at radius 2 is 2.11 bits per heavy atom. The number of hydrogen-bond acceptors (Lipinski definition) is 3. The molecule has 0 aliphatic heterocycles. The van der Waals surface area contributed by atoms with E-state index in [4.69, 9.17) is 4.74 Å². The lowest BCUT2D eigenvalue weighted by Crippen LogP contribution is -1.96. The fourth-order valence-electron chi connectivity index (χ4n) is 1.62. The van der Waals surface area contributed by atoms with Gasteiger partial charge in [-0.3, -0.25) is 0 Å². The van der Waals surface area contributed by atoms with Gasteiger partial charge in [0.25, 0.3) is 0 Å². The molecule has 0 saturated carbocycles. The third kappa shape index (κ3) is 3.52. The predicted molar refractivity (Wildman–Crippen MR) is 73.7 cm³/mol. The van der Waals surface area contributed by atoms with Crippen LogP contribution >= 0.6 is 15.9 Å². The molecule has 3 nitrogen and oxygen atoms in total. The van der Waals surface area contributed by atoms with Crippen LogP contribution in [0.4, 0.5) is 4.39 Å². The van der Waals surface area contributed by atoms with Gasteiger partial charge in [-0.1, -0.05) is 6.92 Å². The van der Waals surface area contributed by atoms with Crippen LogP contribution in [0.2, 0.25) is 0 Å². The molecule has 0 unspecified atom stereocenters. The summed E-state index contributed by atoms with van der Waals surface area (Å²) in [6, 6.07) is 7.66. The number of pyridine rings is 1. The number of nitrogens with zero attached hydrogens (tertiary/aromatic N) is 1. The smallest absolute Gasteiger partial charge is 0.219 e. The van der Waals surface area contributed by atoms with Crippen molar-refractivity contribution in [1.82, 2.24) is 4.98 Å². The van der Waals surface area contributed by atoms with Crippen LogP contribution < -0.4 is 4.74 Å². The Balaban J connectivity index is 2.31. The first-order chi connectivity index (χ1) is 9.12. The molecule has 0 radical (unpaired) electrons. The van der Waals surface area contributed by atoms with E-state index in [0.29, 0.717) is 16.1 Å². The van der Waals surface area contributed by atoms with E-state index >= 15 is 0 Å². The van der Waals surface area contributed by atoms with E-state index < -0.39 is 0 Å². The summed E-state index contributed by atoms with van der Waals surface area (Å²) in [6.45, 7) is 1.90. The standard InChI is InChI=1S/C14H13BrFNO2/c1-2-11-5-9(8-18)6-14(17-11)19-13-4-3-10(16)7-12(13)15/h3-7,18H,2,8H2,1H3. The molecule has 1 heterocycles. The van der Waals surface area contributed by atoms with Crippen molar-refractivity contribution < 1.29 is 14.2 Å². The maximum absolute atomic E-state index is 13.0. The van der Waals surface area contributed by atoms with Gasteiger partial charge < -0.3 is 9.84 Å². The Bertz CT molecular complexity index is 567. The summed E-state index contributed by atoms with van der Waals surface area (Å²) in [5, 5.41) is 9.20. The maximum atomic E-state index is 13.0. The summed E-state index contributed by atoms with van der Waals surface area (Å²) in [5.41, 5.74) is 1.57. The van der Waals surface area contributed by atoms with Crippen molar-refractivity contribution >= 4 is 15.9 Å². The fraction of sp³-hybridized carbons (Fsp3) is 0.214. The number of aliphatic hydroxyl groups is 1. The molecule has 0 amide bonds. The van der Waals surface area contributed by atoms with Crippen LogP contribution in [-0.2, 0) is 13.0 Å². The highest BCUT2D eigenvalue weighted by molar-refractivity contribution is 9.10.